The van der Waals surface area contributed by atoms with E-state index in [1.807, 2.05) is 56.1 Å². The van der Waals surface area contributed by atoms with Crippen LogP contribution in [0.2, 0.25) is 0 Å². The number of carbonyl (C=O) groups excluding carboxylic acids is 2. The van der Waals surface area contributed by atoms with Crippen LogP contribution in [0.4, 0.5) is 0 Å². The minimum absolute atomic E-state index is 0.0378. The summed E-state index contributed by atoms with van der Waals surface area (Å²) in [5.74, 6) is 0.995. The van der Waals surface area contributed by atoms with Crippen LogP contribution in [0.1, 0.15) is 31.4 Å². The average Bonchev–Trinajstić information content (AvgIpc) is 3.34. The Morgan fingerprint density at radius 2 is 2.00 bits per heavy atom. The Bertz CT molecular complexity index is 863. The summed E-state index contributed by atoms with van der Waals surface area (Å²) in [4.78, 5) is 40.5. The van der Waals surface area contributed by atoms with Crippen molar-refractivity contribution in [3.8, 4) is 0 Å². The van der Waals surface area contributed by atoms with E-state index in [-0.39, 0.29) is 11.8 Å². The molecule has 0 unspecified atom stereocenters. The van der Waals surface area contributed by atoms with Crippen molar-refractivity contribution in [2.75, 3.05) is 30.2 Å². The number of nitrogens with zero attached hydrogens (tertiary/aromatic N) is 1. The molecule has 1 saturated heterocycles. The molecule has 2 aliphatic rings. The van der Waals surface area contributed by atoms with Crippen LogP contribution in [-0.2, 0) is 27.3 Å². The number of aliphatic carboxylic acids is 1. The molecule has 2 heterocycles. The first kappa shape index (κ1) is 26.8. The fourth-order valence-corrected chi connectivity index (χ4v) is 5.84. The molecule has 10 heteroatoms. The highest BCUT2D eigenvalue weighted by atomic mass is 32.2. The zero-order chi connectivity index (χ0) is 24.7. The number of fused-ring (bicyclic) bond motifs is 1. The van der Waals surface area contributed by atoms with Gasteiger partial charge in [0.1, 0.15) is 12.1 Å². The molecule has 4 N–H and O–H groups in total. The lowest BCUT2D eigenvalue weighted by Crippen LogP contribution is -2.60. The highest BCUT2D eigenvalue weighted by Crippen LogP contribution is 2.25. The normalized spacial score (nSPS) is 21.7. The summed E-state index contributed by atoms with van der Waals surface area (Å²) in [6.45, 7) is 5.02. The van der Waals surface area contributed by atoms with Gasteiger partial charge in [-0.15, -0.1) is 11.8 Å². The maximum Gasteiger partial charge on any atom is 0.326 e. The van der Waals surface area contributed by atoms with E-state index in [4.69, 9.17) is 0 Å². The minimum Gasteiger partial charge on any atom is -0.480 e. The van der Waals surface area contributed by atoms with Gasteiger partial charge in [-0.2, -0.15) is 11.8 Å². The van der Waals surface area contributed by atoms with Gasteiger partial charge in [-0.1, -0.05) is 38.1 Å². The predicted octanol–water partition coefficient (Wildman–Crippen LogP) is 1.54. The number of nitrogens with one attached hydrogen (secondary N) is 3. The Hall–Kier alpha value is -1.75. The van der Waals surface area contributed by atoms with Crippen molar-refractivity contribution in [2.24, 2.45) is 5.92 Å². The number of benzene rings is 1. The van der Waals surface area contributed by atoms with E-state index in [2.05, 4.69) is 16.0 Å². The molecule has 0 saturated carbocycles. The zero-order valence-electron chi connectivity index (χ0n) is 20.1. The van der Waals surface area contributed by atoms with Gasteiger partial charge < -0.3 is 26.0 Å². The summed E-state index contributed by atoms with van der Waals surface area (Å²) in [5, 5.41) is 19.1. The lowest BCUT2D eigenvalue weighted by atomic mass is 9.91. The van der Waals surface area contributed by atoms with Crippen LogP contribution < -0.4 is 16.0 Å². The Kier molecular flexibility index (Phi) is 10.1. The van der Waals surface area contributed by atoms with Crippen LogP contribution in [0, 0.1) is 5.92 Å². The second-order valence-corrected chi connectivity index (χ2v) is 11.2. The predicted molar refractivity (Wildman–Crippen MR) is 138 cm³/mol. The van der Waals surface area contributed by atoms with Gasteiger partial charge in [-0.3, -0.25) is 9.59 Å². The monoisotopic (exact) mass is 508 g/mol. The third kappa shape index (κ3) is 6.90. The third-order valence-electron chi connectivity index (χ3n) is 6.37. The first-order valence-corrected chi connectivity index (χ1v) is 14.3. The molecular formula is C24H36N4O4S2. The van der Waals surface area contributed by atoms with Gasteiger partial charge in [0.2, 0.25) is 11.8 Å². The third-order valence-corrected chi connectivity index (χ3v) is 8.02. The van der Waals surface area contributed by atoms with Crippen LogP contribution in [0.3, 0.4) is 0 Å². The number of hydrogen-bond acceptors (Lipinski definition) is 7. The molecule has 1 aromatic rings. The van der Waals surface area contributed by atoms with Gasteiger partial charge in [-0.25, -0.2) is 4.79 Å². The molecule has 4 atom stereocenters. The first-order chi connectivity index (χ1) is 16.3. The Morgan fingerprint density at radius 3 is 2.62 bits per heavy atom. The van der Waals surface area contributed by atoms with Crippen molar-refractivity contribution in [1.82, 2.24) is 20.9 Å². The first-order valence-electron chi connectivity index (χ1n) is 11.8. The Labute approximate surface area is 210 Å². The van der Waals surface area contributed by atoms with Crippen LogP contribution in [0.15, 0.2) is 24.3 Å². The molecule has 188 valence electrons. The molecular weight excluding hydrogens is 472 g/mol. The summed E-state index contributed by atoms with van der Waals surface area (Å²) in [6, 6.07) is 5.98. The molecule has 0 radical (unpaired) electrons. The van der Waals surface area contributed by atoms with Crippen molar-refractivity contribution in [2.45, 2.75) is 57.4 Å². The molecule has 2 amide bonds. The molecule has 3 rings (SSSR count). The Balaban J connectivity index is 1.80. The van der Waals surface area contributed by atoms with E-state index in [0.717, 1.165) is 22.8 Å². The lowest BCUT2D eigenvalue weighted by Gasteiger charge is -2.39. The zero-order valence-corrected chi connectivity index (χ0v) is 21.7. The highest BCUT2D eigenvalue weighted by molar-refractivity contribution is 7.99. The van der Waals surface area contributed by atoms with E-state index in [1.165, 1.54) is 11.8 Å². The van der Waals surface area contributed by atoms with Gasteiger partial charge in [0.25, 0.3) is 0 Å². The Morgan fingerprint density at radius 1 is 1.26 bits per heavy atom. The molecule has 34 heavy (non-hydrogen) atoms. The number of thioether (sulfide) groups is 2. The summed E-state index contributed by atoms with van der Waals surface area (Å²) in [5.41, 5.74) is 2.04. The second kappa shape index (κ2) is 12.8. The highest BCUT2D eigenvalue weighted by Gasteiger charge is 2.39. The molecule has 8 nitrogen and oxygen atoms in total. The molecule has 0 aromatic heterocycles. The minimum atomic E-state index is -1.06. The van der Waals surface area contributed by atoms with Gasteiger partial charge >= 0.3 is 5.97 Å². The number of hydrogen-bond donors (Lipinski definition) is 4. The van der Waals surface area contributed by atoms with Crippen LogP contribution in [0.25, 0.3) is 0 Å². The standard InChI is InChI=1S/C24H36N4O4S2/c1-15(2)21(25-11-18-13-34-14-26-18)23(30)28-12-17-7-5-4-6-16(17)10-20(28)22(29)27-19(24(31)32)8-9-33-3/h4-7,15,18-21,25-26H,8-14H2,1-3H3,(H,27,29)(H,31,32)/t18-,19+,20+,21+/m1/s1. The largest absolute Gasteiger partial charge is 0.480 e. The summed E-state index contributed by atoms with van der Waals surface area (Å²) >= 11 is 3.37. The molecule has 2 aliphatic heterocycles. The van der Waals surface area contributed by atoms with Crippen molar-refractivity contribution in [3.05, 3.63) is 35.4 Å². The number of carboxylic acid groups (broad SMARTS) is 1. The van der Waals surface area contributed by atoms with E-state index < -0.39 is 30.0 Å². The fraction of sp³-hybridized carbons (Fsp3) is 0.625. The van der Waals surface area contributed by atoms with Gasteiger partial charge in [0.15, 0.2) is 0 Å². The van der Waals surface area contributed by atoms with Crippen molar-refractivity contribution < 1.29 is 19.5 Å². The average molecular weight is 509 g/mol. The van der Waals surface area contributed by atoms with Crippen LogP contribution in [-0.4, -0.2) is 82.1 Å². The topological polar surface area (TPSA) is 111 Å². The molecule has 0 spiro atoms. The van der Waals surface area contributed by atoms with Crippen molar-refractivity contribution in [3.63, 3.8) is 0 Å². The van der Waals surface area contributed by atoms with E-state index >= 15 is 0 Å². The summed E-state index contributed by atoms with van der Waals surface area (Å²) < 4.78 is 0. The fourth-order valence-electron chi connectivity index (χ4n) is 4.37. The molecule has 0 bridgehead atoms. The SMILES string of the molecule is CSCC[C@H](NC(=O)[C@@H]1Cc2ccccc2CN1C(=O)[C@@H](NC[C@@H]1CSCN1)C(C)C)C(=O)O. The van der Waals surface area contributed by atoms with Crippen molar-refractivity contribution in [1.29, 1.82) is 0 Å². The lowest BCUT2D eigenvalue weighted by molar-refractivity contribution is -0.146. The van der Waals surface area contributed by atoms with Crippen LogP contribution in [0.5, 0.6) is 0 Å². The quantitative estimate of drug-likeness (QED) is 0.356. The summed E-state index contributed by atoms with van der Waals surface area (Å²) in [6.07, 6.45) is 2.61. The summed E-state index contributed by atoms with van der Waals surface area (Å²) in [7, 11) is 0. The van der Waals surface area contributed by atoms with Gasteiger partial charge in [-0.05, 0) is 35.5 Å². The van der Waals surface area contributed by atoms with E-state index in [0.29, 0.717) is 37.7 Å². The van der Waals surface area contributed by atoms with Crippen LogP contribution >= 0.6 is 23.5 Å². The number of carboxylic acids is 1. The molecule has 1 aromatic carbocycles. The molecule has 1 fully saturated rings. The van der Waals surface area contributed by atoms with E-state index in [1.54, 1.807) is 4.90 Å². The smallest absolute Gasteiger partial charge is 0.326 e. The van der Waals surface area contributed by atoms with Gasteiger partial charge in [0, 0.05) is 37.2 Å². The number of carbonyl (C=O) groups is 3. The van der Waals surface area contributed by atoms with Crippen molar-refractivity contribution >= 4 is 41.3 Å². The molecule has 0 aliphatic carbocycles. The van der Waals surface area contributed by atoms with Gasteiger partial charge in [0.05, 0.1) is 6.04 Å². The maximum absolute atomic E-state index is 13.8. The number of amides is 2. The number of rotatable bonds is 11. The second-order valence-electron chi connectivity index (χ2n) is 9.18. The maximum atomic E-state index is 13.8. The van der Waals surface area contributed by atoms with E-state index in [9.17, 15) is 19.5 Å².